The SMILES string of the molecule is Nc1ccc(OCCc2ccc(CN3CCN(C(=O)O)CC3)cc2)cc1. The molecule has 1 saturated heterocycles. The van der Waals surface area contributed by atoms with E-state index in [1.807, 2.05) is 24.3 Å². The second-order valence-electron chi connectivity index (χ2n) is 6.53. The zero-order valence-corrected chi connectivity index (χ0v) is 14.8. The van der Waals surface area contributed by atoms with Crippen LogP contribution in [0.15, 0.2) is 48.5 Å². The topological polar surface area (TPSA) is 79.0 Å². The maximum Gasteiger partial charge on any atom is 0.407 e. The highest BCUT2D eigenvalue weighted by Crippen LogP contribution is 2.14. The number of rotatable bonds is 6. The average Bonchev–Trinajstić information content (AvgIpc) is 2.65. The normalized spacial score (nSPS) is 15.0. The van der Waals surface area contributed by atoms with Crippen LogP contribution in [0.1, 0.15) is 11.1 Å². The summed E-state index contributed by atoms with van der Waals surface area (Å²) in [6, 6.07) is 16.0. The molecule has 2 aromatic rings. The molecule has 0 radical (unpaired) electrons. The summed E-state index contributed by atoms with van der Waals surface area (Å²) in [6.07, 6.45) is 0.0253. The van der Waals surface area contributed by atoms with Crippen LogP contribution >= 0.6 is 0 Å². The first-order valence-corrected chi connectivity index (χ1v) is 8.86. The van der Waals surface area contributed by atoms with E-state index in [4.69, 9.17) is 15.6 Å². The van der Waals surface area contributed by atoms with Crippen LogP contribution in [0.3, 0.4) is 0 Å². The fourth-order valence-corrected chi connectivity index (χ4v) is 3.02. The Labute approximate surface area is 153 Å². The van der Waals surface area contributed by atoms with Crippen molar-refractivity contribution in [1.82, 2.24) is 9.80 Å². The van der Waals surface area contributed by atoms with E-state index in [-0.39, 0.29) is 0 Å². The number of piperazine rings is 1. The second-order valence-corrected chi connectivity index (χ2v) is 6.53. The van der Waals surface area contributed by atoms with Crippen molar-refractivity contribution in [3.63, 3.8) is 0 Å². The quantitative estimate of drug-likeness (QED) is 0.779. The molecule has 0 bridgehead atoms. The summed E-state index contributed by atoms with van der Waals surface area (Å²) in [5.74, 6) is 0.830. The van der Waals surface area contributed by atoms with Crippen molar-refractivity contribution in [2.75, 3.05) is 38.5 Å². The molecule has 1 amide bonds. The van der Waals surface area contributed by atoms with Crippen molar-refractivity contribution < 1.29 is 14.6 Å². The Morgan fingerprint density at radius 1 is 0.962 bits per heavy atom. The highest BCUT2D eigenvalue weighted by atomic mass is 16.5. The largest absolute Gasteiger partial charge is 0.493 e. The van der Waals surface area contributed by atoms with E-state index >= 15 is 0 Å². The molecule has 1 aliphatic rings. The number of hydrogen-bond donors (Lipinski definition) is 2. The molecule has 0 unspecified atom stereocenters. The van der Waals surface area contributed by atoms with Crippen LogP contribution in [-0.2, 0) is 13.0 Å². The summed E-state index contributed by atoms with van der Waals surface area (Å²) >= 11 is 0. The molecule has 1 aliphatic heterocycles. The number of nitrogens with zero attached hydrogens (tertiary/aromatic N) is 2. The predicted octanol–water partition coefficient (Wildman–Crippen LogP) is 2.69. The second kappa shape index (κ2) is 8.58. The standard InChI is InChI=1S/C20H25N3O3/c21-18-5-7-19(8-6-18)26-14-9-16-1-3-17(4-2-16)15-22-10-12-23(13-11-22)20(24)25/h1-8H,9-15,21H2,(H,24,25). The highest BCUT2D eigenvalue weighted by Gasteiger charge is 2.20. The van der Waals surface area contributed by atoms with Gasteiger partial charge in [0.1, 0.15) is 5.75 Å². The van der Waals surface area contributed by atoms with Gasteiger partial charge < -0.3 is 20.5 Å². The third-order valence-electron chi connectivity index (χ3n) is 4.61. The van der Waals surface area contributed by atoms with E-state index in [0.29, 0.717) is 19.7 Å². The first-order chi connectivity index (χ1) is 12.6. The molecule has 0 atom stereocenters. The highest BCUT2D eigenvalue weighted by molar-refractivity contribution is 5.65. The third kappa shape index (κ3) is 5.13. The fourth-order valence-electron chi connectivity index (χ4n) is 3.02. The number of anilines is 1. The van der Waals surface area contributed by atoms with E-state index in [0.717, 1.165) is 37.5 Å². The summed E-state index contributed by atoms with van der Waals surface area (Å²) in [6.45, 7) is 4.20. The zero-order valence-electron chi connectivity index (χ0n) is 14.8. The van der Waals surface area contributed by atoms with Crippen molar-refractivity contribution in [3.05, 3.63) is 59.7 Å². The lowest BCUT2D eigenvalue weighted by Crippen LogP contribution is -2.47. The van der Waals surface area contributed by atoms with Crippen LogP contribution in [-0.4, -0.2) is 53.8 Å². The van der Waals surface area contributed by atoms with Gasteiger partial charge in [-0.3, -0.25) is 4.90 Å². The number of carbonyl (C=O) groups is 1. The van der Waals surface area contributed by atoms with Crippen LogP contribution in [0.4, 0.5) is 10.5 Å². The number of amides is 1. The Morgan fingerprint density at radius 3 is 2.19 bits per heavy atom. The molecule has 26 heavy (non-hydrogen) atoms. The van der Waals surface area contributed by atoms with Gasteiger partial charge in [0, 0.05) is 44.8 Å². The molecule has 0 aliphatic carbocycles. The maximum absolute atomic E-state index is 10.9. The van der Waals surface area contributed by atoms with Crippen LogP contribution in [0.25, 0.3) is 0 Å². The van der Waals surface area contributed by atoms with Gasteiger partial charge in [-0.05, 0) is 35.4 Å². The summed E-state index contributed by atoms with van der Waals surface area (Å²) in [4.78, 5) is 14.7. The molecule has 0 saturated carbocycles. The monoisotopic (exact) mass is 355 g/mol. The number of carboxylic acid groups (broad SMARTS) is 1. The summed E-state index contributed by atoms with van der Waals surface area (Å²) in [5.41, 5.74) is 8.88. The smallest absolute Gasteiger partial charge is 0.407 e. The Bertz CT molecular complexity index is 708. The zero-order chi connectivity index (χ0) is 18.4. The van der Waals surface area contributed by atoms with Gasteiger partial charge in [0.15, 0.2) is 0 Å². The molecule has 6 heteroatoms. The molecule has 2 aromatic carbocycles. The van der Waals surface area contributed by atoms with Gasteiger partial charge in [0.2, 0.25) is 0 Å². The van der Waals surface area contributed by atoms with Crippen molar-refractivity contribution in [1.29, 1.82) is 0 Å². The predicted molar refractivity (Wildman–Crippen MR) is 101 cm³/mol. The number of nitrogens with two attached hydrogens (primary N) is 1. The van der Waals surface area contributed by atoms with Gasteiger partial charge in [-0.1, -0.05) is 24.3 Å². The van der Waals surface area contributed by atoms with Crippen molar-refractivity contribution in [2.45, 2.75) is 13.0 Å². The molecule has 1 heterocycles. The van der Waals surface area contributed by atoms with Crippen LogP contribution in [0.2, 0.25) is 0 Å². The number of nitrogen functional groups attached to an aromatic ring is 1. The minimum Gasteiger partial charge on any atom is -0.493 e. The van der Waals surface area contributed by atoms with E-state index in [1.54, 1.807) is 0 Å². The van der Waals surface area contributed by atoms with E-state index < -0.39 is 6.09 Å². The Balaban J connectivity index is 1.42. The van der Waals surface area contributed by atoms with Gasteiger partial charge in [-0.15, -0.1) is 0 Å². The van der Waals surface area contributed by atoms with Gasteiger partial charge >= 0.3 is 6.09 Å². The molecule has 0 spiro atoms. The summed E-state index contributed by atoms with van der Waals surface area (Å²) in [7, 11) is 0. The fraction of sp³-hybridized carbons (Fsp3) is 0.350. The van der Waals surface area contributed by atoms with Crippen molar-refractivity contribution in [3.8, 4) is 5.75 Å². The van der Waals surface area contributed by atoms with E-state index in [1.165, 1.54) is 16.0 Å². The third-order valence-corrected chi connectivity index (χ3v) is 4.61. The van der Waals surface area contributed by atoms with Gasteiger partial charge in [-0.2, -0.15) is 0 Å². The number of ether oxygens (including phenoxy) is 1. The Hall–Kier alpha value is -2.73. The minimum absolute atomic E-state index is 0.579. The van der Waals surface area contributed by atoms with Crippen molar-refractivity contribution in [2.24, 2.45) is 0 Å². The lowest BCUT2D eigenvalue weighted by atomic mass is 10.1. The van der Waals surface area contributed by atoms with Crippen LogP contribution < -0.4 is 10.5 Å². The first kappa shape index (κ1) is 18.1. The molecule has 1 fully saturated rings. The van der Waals surface area contributed by atoms with E-state index in [2.05, 4.69) is 29.2 Å². The molecule has 0 aromatic heterocycles. The molecule has 6 nitrogen and oxygen atoms in total. The lowest BCUT2D eigenvalue weighted by molar-refractivity contribution is 0.103. The van der Waals surface area contributed by atoms with E-state index in [9.17, 15) is 4.79 Å². The van der Waals surface area contributed by atoms with Crippen LogP contribution in [0, 0.1) is 0 Å². The number of benzene rings is 2. The molecule has 138 valence electrons. The van der Waals surface area contributed by atoms with Gasteiger partial charge in [0.25, 0.3) is 0 Å². The summed E-state index contributed by atoms with van der Waals surface area (Å²) < 4.78 is 5.73. The Kier molecular flexibility index (Phi) is 5.96. The van der Waals surface area contributed by atoms with Gasteiger partial charge in [0.05, 0.1) is 6.61 Å². The molecule has 3 N–H and O–H groups in total. The minimum atomic E-state index is -0.824. The van der Waals surface area contributed by atoms with Gasteiger partial charge in [-0.25, -0.2) is 4.79 Å². The summed E-state index contributed by atoms with van der Waals surface area (Å²) in [5, 5.41) is 8.99. The van der Waals surface area contributed by atoms with Crippen molar-refractivity contribution >= 4 is 11.8 Å². The molecular formula is C20H25N3O3. The molecular weight excluding hydrogens is 330 g/mol. The lowest BCUT2D eigenvalue weighted by Gasteiger charge is -2.33. The average molecular weight is 355 g/mol. The number of hydrogen-bond acceptors (Lipinski definition) is 4. The first-order valence-electron chi connectivity index (χ1n) is 8.86. The Morgan fingerprint density at radius 2 is 1.58 bits per heavy atom. The maximum atomic E-state index is 10.9. The molecule has 3 rings (SSSR count). The van der Waals surface area contributed by atoms with Crippen LogP contribution in [0.5, 0.6) is 5.75 Å².